The number of rotatable bonds is 7. The summed E-state index contributed by atoms with van der Waals surface area (Å²) in [6.45, 7) is 9.90. The Bertz CT molecular complexity index is 684. The van der Waals surface area contributed by atoms with Crippen molar-refractivity contribution < 1.29 is 19.3 Å². The summed E-state index contributed by atoms with van der Waals surface area (Å²) in [5.41, 5.74) is 2.03. The third-order valence-electron chi connectivity index (χ3n) is 6.60. The first-order valence-electron chi connectivity index (χ1n) is 10.3. The highest BCUT2D eigenvalue weighted by atomic mass is 31.0. The van der Waals surface area contributed by atoms with Crippen molar-refractivity contribution in [3.63, 3.8) is 0 Å². The van der Waals surface area contributed by atoms with E-state index in [0.29, 0.717) is 19.3 Å². The summed E-state index contributed by atoms with van der Waals surface area (Å²) in [4.78, 5) is 26.4. The van der Waals surface area contributed by atoms with E-state index in [0.717, 1.165) is 54.4 Å². The van der Waals surface area contributed by atoms with Gasteiger partial charge in [0, 0.05) is 11.0 Å². The van der Waals surface area contributed by atoms with Gasteiger partial charge in [0.1, 0.15) is 0 Å². The van der Waals surface area contributed by atoms with Gasteiger partial charge >= 0.3 is 15.1 Å². The van der Waals surface area contributed by atoms with Crippen molar-refractivity contribution in [3.05, 3.63) is 34.4 Å². The first kappa shape index (κ1) is 24.5. The van der Waals surface area contributed by atoms with E-state index in [1.54, 1.807) is 0 Å². The van der Waals surface area contributed by atoms with Crippen LogP contribution < -0.4 is 0 Å². The van der Waals surface area contributed by atoms with Crippen LogP contribution in [0.5, 0.6) is 0 Å². The minimum absolute atomic E-state index is 0.0632. The summed E-state index contributed by atoms with van der Waals surface area (Å²) < 4.78 is 8.17. The van der Waals surface area contributed by atoms with E-state index in [4.69, 9.17) is 4.57 Å². The van der Waals surface area contributed by atoms with E-state index < -0.39 is 16.8 Å². The molecule has 1 saturated carbocycles. The SMILES string of the molecule is CCCCC(C)(C(=O)O)C1(C(=O)c2c(C)cc(C)cc2C)CCCCC1.O=[PH2+]. The highest BCUT2D eigenvalue weighted by Crippen LogP contribution is 2.55. The number of ketones is 1. The first-order valence-corrected chi connectivity index (χ1v) is 10.8. The Morgan fingerprint density at radius 3 is 2.00 bits per heavy atom. The lowest BCUT2D eigenvalue weighted by Gasteiger charge is -2.48. The van der Waals surface area contributed by atoms with E-state index in [1.807, 2.05) is 39.8 Å². The maximum atomic E-state index is 13.9. The molecule has 0 saturated heterocycles. The van der Waals surface area contributed by atoms with Gasteiger partial charge in [0.25, 0.3) is 0 Å². The van der Waals surface area contributed by atoms with E-state index >= 15 is 0 Å². The lowest BCUT2D eigenvalue weighted by molar-refractivity contribution is -0.157. The molecule has 0 radical (unpaired) electrons. The van der Waals surface area contributed by atoms with Crippen LogP contribution in [-0.2, 0) is 9.36 Å². The number of unbranched alkanes of at least 4 members (excludes halogenated alkanes) is 1. The number of carbonyl (C=O) groups excluding carboxylic acids is 1. The third-order valence-corrected chi connectivity index (χ3v) is 6.60. The Kier molecular flexibility index (Phi) is 9.01. The van der Waals surface area contributed by atoms with Crippen molar-refractivity contribution in [3.8, 4) is 0 Å². The summed E-state index contributed by atoms with van der Waals surface area (Å²) >= 11 is 0. The van der Waals surface area contributed by atoms with Crippen LogP contribution in [-0.4, -0.2) is 16.9 Å². The van der Waals surface area contributed by atoms with Crippen molar-refractivity contribution in [1.82, 2.24) is 0 Å². The molecular formula is C23H36O4P+. The normalized spacial score (nSPS) is 17.8. The maximum Gasteiger partial charge on any atom is 0.310 e. The van der Waals surface area contributed by atoms with Gasteiger partial charge in [-0.15, -0.1) is 0 Å². The first-order chi connectivity index (χ1) is 13.2. The molecule has 2 unspecified atom stereocenters. The molecule has 2 atom stereocenters. The van der Waals surface area contributed by atoms with Crippen LogP contribution in [0.3, 0.4) is 0 Å². The third kappa shape index (κ3) is 4.54. The molecule has 0 bridgehead atoms. The monoisotopic (exact) mass is 407 g/mol. The molecule has 0 aliphatic heterocycles. The van der Waals surface area contributed by atoms with Crippen LogP contribution in [0, 0.1) is 31.6 Å². The van der Waals surface area contributed by atoms with Gasteiger partial charge in [0.2, 0.25) is 0 Å². The number of aliphatic carboxylic acids is 1. The van der Waals surface area contributed by atoms with Gasteiger partial charge in [-0.25, -0.2) is 0 Å². The second kappa shape index (κ2) is 10.3. The highest BCUT2D eigenvalue weighted by Gasteiger charge is 2.57. The molecule has 1 aromatic carbocycles. The summed E-state index contributed by atoms with van der Waals surface area (Å²) in [7, 11) is 1.17. The lowest BCUT2D eigenvalue weighted by Crippen LogP contribution is -2.52. The predicted molar refractivity (Wildman–Crippen MR) is 116 cm³/mol. The standard InChI is InChI=1S/C23H34O3.H2OP/c1-6-7-11-22(5,21(25)26)23(12-9-8-10-13-23)20(24)19-17(3)14-16(2)15-18(19)4;1-2/h14-15H,6-13H2,1-5H3,(H,25,26);2H2/q;+1. The van der Waals surface area contributed by atoms with Crippen LogP contribution in [0.2, 0.25) is 0 Å². The van der Waals surface area contributed by atoms with E-state index in [2.05, 4.69) is 6.92 Å². The number of benzene rings is 1. The van der Waals surface area contributed by atoms with Crippen molar-refractivity contribution in [2.75, 3.05) is 0 Å². The quantitative estimate of drug-likeness (QED) is 0.429. The van der Waals surface area contributed by atoms with Gasteiger partial charge < -0.3 is 5.11 Å². The van der Waals surface area contributed by atoms with Crippen LogP contribution in [0.25, 0.3) is 0 Å². The van der Waals surface area contributed by atoms with Crippen molar-refractivity contribution in [2.45, 2.75) is 86.0 Å². The highest BCUT2D eigenvalue weighted by molar-refractivity contribution is 7.00. The fourth-order valence-corrected chi connectivity index (χ4v) is 5.04. The average molecular weight is 408 g/mol. The summed E-state index contributed by atoms with van der Waals surface area (Å²) in [5, 5.41) is 10.2. The van der Waals surface area contributed by atoms with Crippen molar-refractivity contribution in [2.24, 2.45) is 10.8 Å². The van der Waals surface area contributed by atoms with Gasteiger partial charge in [0.05, 0.1) is 5.41 Å². The molecule has 1 N–H and O–H groups in total. The zero-order valence-corrected chi connectivity index (χ0v) is 19.2. The molecule has 1 aliphatic rings. The summed E-state index contributed by atoms with van der Waals surface area (Å²) in [5.74, 6) is -0.753. The Balaban J connectivity index is 0.00000190. The Hall–Kier alpha value is -1.54. The number of carboxylic acids is 1. The molecule has 0 spiro atoms. The number of Topliss-reactive ketones (excluding diaryl/α,β-unsaturated/α-hetero) is 1. The molecule has 28 heavy (non-hydrogen) atoms. The van der Waals surface area contributed by atoms with Gasteiger partial charge in [-0.1, -0.05) is 61.3 Å². The fraction of sp³-hybridized carbons (Fsp3) is 0.652. The van der Waals surface area contributed by atoms with E-state index in [9.17, 15) is 14.7 Å². The Labute approximate surface area is 171 Å². The van der Waals surface area contributed by atoms with Crippen LogP contribution in [0.15, 0.2) is 12.1 Å². The Morgan fingerprint density at radius 2 is 1.57 bits per heavy atom. The van der Waals surface area contributed by atoms with E-state index in [1.165, 1.54) is 9.12 Å². The van der Waals surface area contributed by atoms with Gasteiger partial charge in [0.15, 0.2) is 5.78 Å². The number of hydrogen-bond acceptors (Lipinski definition) is 3. The summed E-state index contributed by atoms with van der Waals surface area (Å²) in [6.07, 6.45) is 6.67. The van der Waals surface area contributed by atoms with Crippen molar-refractivity contribution >= 4 is 20.9 Å². The smallest absolute Gasteiger partial charge is 0.310 e. The Morgan fingerprint density at radius 1 is 1.07 bits per heavy atom. The molecule has 1 fully saturated rings. The van der Waals surface area contributed by atoms with Gasteiger partial charge in [-0.05, 0) is 58.1 Å². The fourth-order valence-electron chi connectivity index (χ4n) is 5.04. The van der Waals surface area contributed by atoms with E-state index in [-0.39, 0.29) is 5.78 Å². The maximum absolute atomic E-state index is 13.9. The second-order valence-corrected chi connectivity index (χ2v) is 8.49. The summed E-state index contributed by atoms with van der Waals surface area (Å²) in [6, 6.07) is 4.09. The molecule has 0 heterocycles. The molecule has 0 aromatic heterocycles. The minimum atomic E-state index is -1.01. The van der Waals surface area contributed by atoms with Crippen LogP contribution in [0.4, 0.5) is 0 Å². The lowest BCUT2D eigenvalue weighted by atomic mass is 9.53. The second-order valence-electron chi connectivity index (χ2n) is 8.49. The molecule has 4 nitrogen and oxygen atoms in total. The minimum Gasteiger partial charge on any atom is -0.481 e. The molecule has 156 valence electrons. The molecule has 1 aromatic rings. The number of carboxylic acid groups (broad SMARTS) is 1. The largest absolute Gasteiger partial charge is 0.481 e. The predicted octanol–water partition coefficient (Wildman–Crippen LogP) is 6.23. The number of hydrogen-bond donors (Lipinski definition) is 1. The molecule has 2 rings (SSSR count). The average Bonchev–Trinajstić information content (AvgIpc) is 2.67. The molecule has 0 amide bonds. The molecule has 5 heteroatoms. The zero-order chi connectivity index (χ0) is 21.5. The van der Waals surface area contributed by atoms with Crippen molar-refractivity contribution in [1.29, 1.82) is 0 Å². The number of aryl methyl sites for hydroxylation is 3. The molecule has 1 aliphatic carbocycles. The number of carbonyl (C=O) groups is 2. The van der Waals surface area contributed by atoms with Gasteiger partial charge in [-0.3, -0.25) is 9.59 Å². The van der Waals surface area contributed by atoms with Gasteiger partial charge in [-0.2, -0.15) is 0 Å². The van der Waals surface area contributed by atoms with Crippen LogP contribution >= 0.6 is 9.12 Å². The molecular weight excluding hydrogens is 371 g/mol. The zero-order valence-electron chi connectivity index (χ0n) is 18.1. The van der Waals surface area contributed by atoms with Crippen LogP contribution in [0.1, 0.15) is 92.3 Å². The topological polar surface area (TPSA) is 71.4 Å².